The highest BCUT2D eigenvalue weighted by Crippen LogP contribution is 2.23. The van der Waals surface area contributed by atoms with E-state index in [1.165, 1.54) is 193 Å². The van der Waals surface area contributed by atoms with E-state index in [2.05, 4.69) is 34.6 Å². The maximum absolute atomic E-state index is 2.51. The van der Waals surface area contributed by atoms with Crippen molar-refractivity contribution in [3.05, 3.63) is 0 Å². The van der Waals surface area contributed by atoms with Crippen molar-refractivity contribution in [1.82, 2.24) is 0 Å². The van der Waals surface area contributed by atoms with Crippen LogP contribution in [-0.4, -0.2) is 0 Å². The Morgan fingerprint density at radius 2 is 0.447 bits per heavy atom. The van der Waals surface area contributed by atoms with Gasteiger partial charge in [-0.05, 0) is 17.8 Å². The third-order valence-electron chi connectivity index (χ3n) is 9.39. The molecule has 0 heterocycles. The molecule has 0 aromatic heterocycles. The first-order valence-corrected chi connectivity index (χ1v) is 18.6. The Kier molecular flexibility index (Phi) is 31.5. The first-order chi connectivity index (χ1) is 18.6. The van der Waals surface area contributed by atoms with Gasteiger partial charge in [0.15, 0.2) is 0 Å². The van der Waals surface area contributed by atoms with E-state index in [9.17, 15) is 0 Å². The largest absolute Gasteiger partial charge is 0.0654 e. The van der Waals surface area contributed by atoms with Gasteiger partial charge < -0.3 is 0 Å². The second kappa shape index (κ2) is 31.5. The van der Waals surface area contributed by atoms with Crippen molar-refractivity contribution in [1.29, 1.82) is 0 Å². The van der Waals surface area contributed by atoms with Gasteiger partial charge in [0.1, 0.15) is 0 Å². The summed E-state index contributed by atoms with van der Waals surface area (Å²) in [6.07, 6.45) is 44.1. The number of hydrogen-bond acceptors (Lipinski definition) is 0. The van der Waals surface area contributed by atoms with Crippen LogP contribution in [0.1, 0.15) is 227 Å². The van der Waals surface area contributed by atoms with E-state index >= 15 is 0 Å². The van der Waals surface area contributed by atoms with E-state index in [4.69, 9.17) is 0 Å². The lowest BCUT2D eigenvalue weighted by atomic mass is 9.90. The van der Waals surface area contributed by atoms with Gasteiger partial charge in [0.05, 0.1) is 0 Å². The molecule has 0 fully saturated rings. The Labute approximate surface area is 244 Å². The molecular formula is C38H78. The summed E-state index contributed by atoms with van der Waals surface area (Å²) < 4.78 is 0. The normalized spacial score (nSPS) is 14.1. The van der Waals surface area contributed by atoms with Gasteiger partial charge in [0, 0.05) is 0 Å². The van der Waals surface area contributed by atoms with Crippen LogP contribution in [0.15, 0.2) is 0 Å². The molecule has 3 unspecified atom stereocenters. The predicted molar refractivity (Wildman–Crippen MR) is 177 cm³/mol. The van der Waals surface area contributed by atoms with Gasteiger partial charge in [-0.2, -0.15) is 0 Å². The minimum Gasteiger partial charge on any atom is -0.0654 e. The van der Waals surface area contributed by atoms with E-state index in [1.54, 1.807) is 0 Å². The molecule has 0 spiro atoms. The van der Waals surface area contributed by atoms with Crippen molar-refractivity contribution in [2.24, 2.45) is 17.8 Å². The molecule has 0 saturated heterocycles. The number of unbranched alkanes of at least 4 members (excludes halogenated alkanes) is 20. The molecule has 3 atom stereocenters. The fraction of sp³-hybridized carbons (Fsp3) is 1.00. The van der Waals surface area contributed by atoms with Crippen LogP contribution in [0, 0.1) is 17.8 Å². The summed E-state index contributed by atoms with van der Waals surface area (Å²) in [6.45, 7) is 12.1. The molecule has 0 aromatic carbocycles. The van der Waals surface area contributed by atoms with Crippen LogP contribution in [0.3, 0.4) is 0 Å². The monoisotopic (exact) mass is 535 g/mol. The standard InChI is InChI=1S/C38H78/c1-6-8-10-11-12-13-14-15-16-17-18-19-20-21-22-23-24-25-26-27-31-37(4)33-29-35-38(5)34-28-32-36(3)30-9-7-2/h36-38H,6-35H2,1-5H3. The summed E-state index contributed by atoms with van der Waals surface area (Å²) >= 11 is 0. The molecule has 0 nitrogen and oxygen atoms in total. The molecule has 0 aromatic rings. The maximum Gasteiger partial charge on any atom is -0.0443 e. The van der Waals surface area contributed by atoms with Gasteiger partial charge in [-0.1, -0.05) is 227 Å². The molecule has 0 radical (unpaired) electrons. The molecule has 0 aliphatic rings. The Bertz CT molecular complexity index is 412. The van der Waals surface area contributed by atoms with Crippen molar-refractivity contribution in [2.75, 3.05) is 0 Å². The highest BCUT2D eigenvalue weighted by atomic mass is 14.1. The summed E-state index contributed by atoms with van der Waals surface area (Å²) in [5.74, 6) is 2.85. The van der Waals surface area contributed by atoms with Crippen LogP contribution in [0.2, 0.25) is 0 Å². The lowest BCUT2D eigenvalue weighted by Crippen LogP contribution is -2.01. The van der Waals surface area contributed by atoms with Gasteiger partial charge in [-0.3, -0.25) is 0 Å². The molecule has 0 N–H and O–H groups in total. The van der Waals surface area contributed by atoms with E-state index < -0.39 is 0 Å². The van der Waals surface area contributed by atoms with Crippen molar-refractivity contribution in [2.45, 2.75) is 227 Å². The van der Waals surface area contributed by atoms with E-state index in [-0.39, 0.29) is 0 Å². The van der Waals surface area contributed by atoms with Crippen molar-refractivity contribution >= 4 is 0 Å². The molecule has 230 valence electrons. The van der Waals surface area contributed by atoms with Gasteiger partial charge in [0.25, 0.3) is 0 Å². The Hall–Kier alpha value is 0. The SMILES string of the molecule is CCCCCCCCCCCCCCCCCCCCCCC(C)CCCC(C)CCCC(C)CCCC. The quantitative estimate of drug-likeness (QED) is 0.0752. The topological polar surface area (TPSA) is 0 Å². The molecule has 0 rings (SSSR count). The van der Waals surface area contributed by atoms with Gasteiger partial charge in [-0.25, -0.2) is 0 Å². The average molecular weight is 535 g/mol. The van der Waals surface area contributed by atoms with Crippen LogP contribution in [0.4, 0.5) is 0 Å². The highest BCUT2D eigenvalue weighted by Gasteiger charge is 2.07. The van der Waals surface area contributed by atoms with E-state index in [1.807, 2.05) is 0 Å². The molecular weight excluding hydrogens is 456 g/mol. The lowest BCUT2D eigenvalue weighted by molar-refractivity contribution is 0.375. The van der Waals surface area contributed by atoms with Crippen molar-refractivity contribution in [3.8, 4) is 0 Å². The van der Waals surface area contributed by atoms with Crippen LogP contribution >= 0.6 is 0 Å². The first kappa shape index (κ1) is 38.0. The summed E-state index contributed by atoms with van der Waals surface area (Å²) in [4.78, 5) is 0. The van der Waals surface area contributed by atoms with Gasteiger partial charge >= 0.3 is 0 Å². The fourth-order valence-electron chi connectivity index (χ4n) is 6.36. The Morgan fingerprint density at radius 1 is 0.237 bits per heavy atom. The summed E-state index contributed by atoms with van der Waals surface area (Å²) in [7, 11) is 0. The van der Waals surface area contributed by atoms with Crippen LogP contribution in [0.5, 0.6) is 0 Å². The predicted octanol–water partition coefficient (Wildman–Crippen LogP) is 14.6. The second-order valence-corrected chi connectivity index (χ2v) is 13.8. The second-order valence-electron chi connectivity index (χ2n) is 13.8. The summed E-state index contributed by atoms with van der Waals surface area (Å²) in [5.41, 5.74) is 0. The maximum atomic E-state index is 2.51. The molecule has 0 saturated carbocycles. The van der Waals surface area contributed by atoms with Crippen molar-refractivity contribution in [3.63, 3.8) is 0 Å². The Morgan fingerprint density at radius 3 is 0.737 bits per heavy atom. The highest BCUT2D eigenvalue weighted by molar-refractivity contribution is 4.61. The molecule has 0 heteroatoms. The summed E-state index contributed by atoms with van der Waals surface area (Å²) in [5, 5.41) is 0. The smallest absolute Gasteiger partial charge is 0.0443 e. The van der Waals surface area contributed by atoms with Crippen LogP contribution in [-0.2, 0) is 0 Å². The zero-order chi connectivity index (χ0) is 27.9. The van der Waals surface area contributed by atoms with Crippen LogP contribution < -0.4 is 0 Å². The third kappa shape index (κ3) is 30.5. The summed E-state index contributed by atoms with van der Waals surface area (Å²) in [6, 6.07) is 0. The molecule has 0 amide bonds. The zero-order valence-corrected chi connectivity index (χ0v) is 27.9. The first-order valence-electron chi connectivity index (χ1n) is 18.6. The molecule has 0 aliphatic heterocycles. The minimum atomic E-state index is 0.945. The number of rotatable bonds is 32. The molecule has 38 heavy (non-hydrogen) atoms. The minimum absolute atomic E-state index is 0.945. The zero-order valence-electron chi connectivity index (χ0n) is 27.9. The van der Waals surface area contributed by atoms with Gasteiger partial charge in [-0.15, -0.1) is 0 Å². The van der Waals surface area contributed by atoms with Crippen LogP contribution in [0.25, 0.3) is 0 Å². The third-order valence-corrected chi connectivity index (χ3v) is 9.39. The molecule has 0 bridgehead atoms. The lowest BCUT2D eigenvalue weighted by Gasteiger charge is -2.16. The number of hydrogen-bond donors (Lipinski definition) is 0. The average Bonchev–Trinajstić information content (AvgIpc) is 2.90. The van der Waals surface area contributed by atoms with E-state index in [0.29, 0.717) is 0 Å². The van der Waals surface area contributed by atoms with Gasteiger partial charge in [0.2, 0.25) is 0 Å². The molecule has 0 aliphatic carbocycles. The fourth-order valence-corrected chi connectivity index (χ4v) is 6.36. The van der Waals surface area contributed by atoms with Crippen molar-refractivity contribution < 1.29 is 0 Å². The Balaban J connectivity index is 3.26. The van der Waals surface area contributed by atoms with E-state index in [0.717, 1.165) is 17.8 Å².